The maximum atomic E-state index is 12.7. The van der Waals surface area contributed by atoms with E-state index in [0.29, 0.717) is 30.0 Å². The van der Waals surface area contributed by atoms with E-state index >= 15 is 0 Å². The molecule has 1 heterocycles. The van der Waals surface area contributed by atoms with Crippen LogP contribution in [0.5, 0.6) is 0 Å². The van der Waals surface area contributed by atoms with Crippen molar-refractivity contribution in [2.45, 2.75) is 23.3 Å². The first-order valence-electron chi connectivity index (χ1n) is 8.49. The third-order valence-electron chi connectivity index (χ3n) is 3.99. The molecular weight excluding hydrogens is 420 g/mol. The Balaban J connectivity index is 2.20. The number of ether oxygens (including phenoxy) is 1. The molecule has 0 aliphatic heterocycles. The highest BCUT2D eigenvalue weighted by molar-refractivity contribution is 7.90. The van der Waals surface area contributed by atoms with E-state index < -0.39 is 19.9 Å². The lowest BCUT2D eigenvalue weighted by Crippen LogP contribution is -2.19. The number of benzene rings is 2. The van der Waals surface area contributed by atoms with Crippen molar-refractivity contribution < 1.29 is 21.6 Å². The van der Waals surface area contributed by atoms with Crippen LogP contribution in [-0.4, -0.2) is 40.9 Å². The van der Waals surface area contributed by atoms with Crippen molar-refractivity contribution in [2.24, 2.45) is 4.40 Å². The molecule has 0 spiro atoms. The minimum Gasteiger partial charge on any atom is -0.380 e. The van der Waals surface area contributed by atoms with E-state index in [9.17, 15) is 16.8 Å². The SMILES string of the molecule is CCOCCn1/c(=N/S(=O)(=O)c2ccccc2)sc2cc(S(C)(=O)=O)ccc21. The molecule has 0 N–H and O–H groups in total. The molecule has 3 aromatic rings. The number of hydrogen-bond acceptors (Lipinski definition) is 6. The standard InChI is InChI=1S/C18H20N2O5S3/c1-3-25-12-11-20-16-10-9-15(27(2,21)22)13-17(16)26-18(20)19-28(23,24)14-7-5-4-6-8-14/h4-10,13H,3,11-12H2,1-2H3/b19-18-. The molecular formula is C18H20N2O5S3. The van der Waals surface area contributed by atoms with Gasteiger partial charge in [0.05, 0.1) is 26.6 Å². The van der Waals surface area contributed by atoms with Crippen LogP contribution in [0.25, 0.3) is 10.2 Å². The second kappa shape index (κ2) is 8.16. The lowest BCUT2D eigenvalue weighted by Gasteiger charge is -2.06. The van der Waals surface area contributed by atoms with Crippen molar-refractivity contribution >= 4 is 41.4 Å². The number of sulfone groups is 1. The molecule has 0 saturated heterocycles. The van der Waals surface area contributed by atoms with Crippen LogP contribution in [0, 0.1) is 0 Å². The van der Waals surface area contributed by atoms with Gasteiger partial charge in [-0.2, -0.15) is 8.42 Å². The Morgan fingerprint density at radius 2 is 1.75 bits per heavy atom. The van der Waals surface area contributed by atoms with E-state index in [1.807, 2.05) is 6.92 Å². The van der Waals surface area contributed by atoms with Gasteiger partial charge >= 0.3 is 0 Å². The Kier molecular flexibility index (Phi) is 6.04. The van der Waals surface area contributed by atoms with Crippen LogP contribution >= 0.6 is 11.3 Å². The number of rotatable bonds is 7. The normalized spacial score (nSPS) is 13.3. The Morgan fingerprint density at radius 1 is 1.04 bits per heavy atom. The fourth-order valence-electron chi connectivity index (χ4n) is 2.62. The number of thiazole rings is 1. The molecule has 0 bridgehead atoms. The first-order valence-corrected chi connectivity index (χ1v) is 12.6. The summed E-state index contributed by atoms with van der Waals surface area (Å²) in [6.45, 7) is 3.19. The summed E-state index contributed by atoms with van der Waals surface area (Å²) in [6, 6.07) is 12.7. The zero-order valence-electron chi connectivity index (χ0n) is 15.4. The highest BCUT2D eigenvalue weighted by atomic mass is 32.2. The van der Waals surface area contributed by atoms with Gasteiger partial charge in [0.15, 0.2) is 9.84 Å². The summed E-state index contributed by atoms with van der Waals surface area (Å²) in [5.41, 5.74) is 0.708. The van der Waals surface area contributed by atoms with Crippen molar-refractivity contribution in [3.05, 3.63) is 53.3 Å². The summed E-state index contributed by atoms with van der Waals surface area (Å²) in [5, 5.41) is 0. The van der Waals surface area contributed by atoms with E-state index in [1.165, 1.54) is 18.2 Å². The lowest BCUT2D eigenvalue weighted by molar-refractivity contribution is 0.139. The predicted octanol–water partition coefficient (Wildman–Crippen LogP) is 2.43. The summed E-state index contributed by atoms with van der Waals surface area (Å²) >= 11 is 1.13. The largest absolute Gasteiger partial charge is 0.380 e. The maximum absolute atomic E-state index is 12.7. The Bertz CT molecular complexity index is 1260. The Hall–Kier alpha value is -2.01. The average molecular weight is 441 g/mol. The molecule has 7 nitrogen and oxygen atoms in total. The maximum Gasteiger partial charge on any atom is 0.285 e. The van der Waals surface area contributed by atoms with Crippen molar-refractivity contribution in [3.8, 4) is 0 Å². The van der Waals surface area contributed by atoms with Crippen molar-refractivity contribution in [2.75, 3.05) is 19.5 Å². The summed E-state index contributed by atoms with van der Waals surface area (Å²) in [7, 11) is -7.27. The first-order chi connectivity index (χ1) is 13.2. The summed E-state index contributed by atoms with van der Waals surface area (Å²) in [4.78, 5) is 0.542. The average Bonchev–Trinajstić information content (AvgIpc) is 2.98. The van der Waals surface area contributed by atoms with E-state index in [0.717, 1.165) is 17.6 Å². The fourth-order valence-corrected chi connectivity index (χ4v) is 5.66. The van der Waals surface area contributed by atoms with Crippen molar-refractivity contribution in [1.29, 1.82) is 0 Å². The van der Waals surface area contributed by atoms with Gasteiger partial charge in [-0.25, -0.2) is 8.42 Å². The molecule has 0 fully saturated rings. The van der Waals surface area contributed by atoms with E-state index in [2.05, 4.69) is 4.40 Å². The molecule has 3 rings (SSSR count). The fraction of sp³-hybridized carbons (Fsp3) is 0.278. The van der Waals surface area contributed by atoms with Gasteiger partial charge in [0, 0.05) is 19.4 Å². The van der Waals surface area contributed by atoms with Crippen LogP contribution in [0.2, 0.25) is 0 Å². The van der Waals surface area contributed by atoms with Crippen LogP contribution in [0.4, 0.5) is 0 Å². The monoisotopic (exact) mass is 440 g/mol. The molecule has 10 heteroatoms. The summed E-state index contributed by atoms with van der Waals surface area (Å²) in [5.74, 6) is 0. The van der Waals surface area contributed by atoms with Gasteiger partial charge in [0.1, 0.15) is 0 Å². The van der Waals surface area contributed by atoms with Gasteiger partial charge in [-0.3, -0.25) is 0 Å². The molecule has 1 aromatic heterocycles. The van der Waals surface area contributed by atoms with E-state index in [1.54, 1.807) is 34.9 Å². The molecule has 0 amide bonds. The molecule has 0 aliphatic carbocycles. The summed E-state index contributed by atoms with van der Waals surface area (Å²) in [6.07, 6.45) is 1.13. The van der Waals surface area contributed by atoms with Crippen LogP contribution in [0.15, 0.2) is 62.7 Å². The van der Waals surface area contributed by atoms with Crippen LogP contribution in [0.3, 0.4) is 0 Å². The van der Waals surface area contributed by atoms with Gasteiger partial charge in [-0.15, -0.1) is 4.40 Å². The lowest BCUT2D eigenvalue weighted by atomic mass is 10.3. The third-order valence-corrected chi connectivity index (χ3v) is 7.53. The van der Waals surface area contributed by atoms with Crippen LogP contribution < -0.4 is 4.80 Å². The van der Waals surface area contributed by atoms with Gasteiger partial charge in [-0.05, 0) is 37.3 Å². The van der Waals surface area contributed by atoms with Gasteiger partial charge in [-0.1, -0.05) is 29.5 Å². The molecule has 2 aromatic carbocycles. The van der Waals surface area contributed by atoms with Crippen LogP contribution in [0.1, 0.15) is 6.92 Å². The minimum atomic E-state index is -3.90. The first kappa shape index (κ1) is 20.7. The number of aromatic nitrogens is 1. The zero-order chi connectivity index (χ0) is 20.4. The van der Waals surface area contributed by atoms with Gasteiger partial charge < -0.3 is 9.30 Å². The molecule has 0 unspecified atom stereocenters. The molecule has 0 saturated carbocycles. The quantitative estimate of drug-likeness (QED) is 0.526. The zero-order valence-corrected chi connectivity index (χ0v) is 17.9. The molecule has 0 aliphatic rings. The molecule has 150 valence electrons. The van der Waals surface area contributed by atoms with Crippen molar-refractivity contribution in [3.63, 3.8) is 0 Å². The molecule has 0 radical (unpaired) electrons. The Labute approximate surface area is 167 Å². The van der Waals surface area contributed by atoms with E-state index in [4.69, 9.17) is 4.74 Å². The molecule has 28 heavy (non-hydrogen) atoms. The smallest absolute Gasteiger partial charge is 0.285 e. The number of hydrogen-bond donors (Lipinski definition) is 0. The number of nitrogens with zero attached hydrogens (tertiary/aromatic N) is 2. The Morgan fingerprint density at radius 3 is 2.39 bits per heavy atom. The second-order valence-electron chi connectivity index (χ2n) is 6.01. The second-order valence-corrected chi connectivity index (χ2v) is 10.6. The van der Waals surface area contributed by atoms with Gasteiger partial charge in [0.2, 0.25) is 4.80 Å². The molecule has 0 atom stereocenters. The van der Waals surface area contributed by atoms with Crippen LogP contribution in [-0.2, 0) is 31.1 Å². The third kappa shape index (κ3) is 4.52. The number of sulfonamides is 1. The highest BCUT2D eigenvalue weighted by Crippen LogP contribution is 2.22. The van der Waals surface area contributed by atoms with E-state index in [-0.39, 0.29) is 14.6 Å². The minimum absolute atomic E-state index is 0.0978. The highest BCUT2D eigenvalue weighted by Gasteiger charge is 2.16. The summed E-state index contributed by atoms with van der Waals surface area (Å²) < 4.78 is 60.9. The predicted molar refractivity (Wildman–Crippen MR) is 109 cm³/mol. The topological polar surface area (TPSA) is 94.8 Å². The van der Waals surface area contributed by atoms with Gasteiger partial charge in [0.25, 0.3) is 10.0 Å². The number of fused-ring (bicyclic) bond motifs is 1. The van der Waals surface area contributed by atoms with Crippen molar-refractivity contribution in [1.82, 2.24) is 4.57 Å².